The third-order valence-electron chi connectivity index (χ3n) is 2.68. The van der Waals surface area contributed by atoms with Crippen LogP contribution in [0, 0.1) is 6.92 Å². The molecular weight excluding hydrogens is 252 g/mol. The Morgan fingerprint density at radius 1 is 1.00 bits per heavy atom. The highest BCUT2D eigenvalue weighted by atomic mass is 35.5. The summed E-state index contributed by atoms with van der Waals surface area (Å²) < 4.78 is 0. The van der Waals surface area contributed by atoms with Crippen molar-refractivity contribution in [3.05, 3.63) is 57.2 Å². The smallest absolute Gasteiger partial charge is 0.261 e. The Labute approximate surface area is 109 Å². The summed E-state index contributed by atoms with van der Waals surface area (Å²) in [6, 6.07) is 9.70. The van der Waals surface area contributed by atoms with Crippen molar-refractivity contribution in [1.29, 1.82) is 0 Å². The lowest BCUT2D eigenvalue weighted by Crippen LogP contribution is -1.94. The maximum absolute atomic E-state index is 11.4. The minimum absolute atomic E-state index is 0.467. The second kappa shape index (κ2) is 4.70. The third-order valence-corrected chi connectivity index (χ3v) is 2.93. The summed E-state index contributed by atoms with van der Waals surface area (Å²) in [5.41, 5.74) is 1.38. The van der Waals surface area contributed by atoms with E-state index in [1.165, 1.54) is 12.1 Å². The molecule has 0 fully saturated rings. The minimum atomic E-state index is -0.779. The van der Waals surface area contributed by atoms with Gasteiger partial charge < -0.3 is 10.2 Å². The van der Waals surface area contributed by atoms with Crippen LogP contribution in [0.5, 0.6) is 11.5 Å². The minimum Gasteiger partial charge on any atom is -0.504 e. The highest BCUT2D eigenvalue weighted by Gasteiger charge is 2.08. The third kappa shape index (κ3) is 2.31. The molecule has 0 saturated heterocycles. The van der Waals surface area contributed by atoms with Crippen LogP contribution < -0.4 is 5.43 Å². The van der Waals surface area contributed by atoms with Crippen molar-refractivity contribution in [2.45, 2.75) is 6.92 Å². The number of hydrogen-bond donors (Lipinski definition) is 2. The van der Waals surface area contributed by atoms with Gasteiger partial charge in [-0.2, -0.15) is 0 Å². The van der Waals surface area contributed by atoms with Crippen LogP contribution in [0.15, 0.2) is 41.2 Å². The van der Waals surface area contributed by atoms with E-state index in [1.54, 1.807) is 31.2 Å². The molecule has 0 saturated carbocycles. The van der Waals surface area contributed by atoms with Crippen molar-refractivity contribution in [3.8, 4) is 22.6 Å². The fraction of sp³-hybridized carbons (Fsp3) is 0.0714. The number of aryl methyl sites for hydroxylation is 1. The van der Waals surface area contributed by atoms with Gasteiger partial charge in [-0.1, -0.05) is 23.7 Å². The molecule has 4 heteroatoms. The van der Waals surface area contributed by atoms with Crippen LogP contribution in [-0.2, 0) is 0 Å². The van der Waals surface area contributed by atoms with Gasteiger partial charge in [-0.05, 0) is 47.9 Å². The Bertz CT molecular complexity index is 648. The van der Waals surface area contributed by atoms with E-state index in [9.17, 15) is 15.0 Å². The Morgan fingerprint density at radius 3 is 2.17 bits per heavy atom. The van der Waals surface area contributed by atoms with Crippen LogP contribution in [0.4, 0.5) is 0 Å². The van der Waals surface area contributed by atoms with Gasteiger partial charge >= 0.3 is 0 Å². The molecule has 0 aliphatic heterocycles. The molecule has 0 amide bonds. The van der Waals surface area contributed by atoms with E-state index in [1.807, 2.05) is 0 Å². The van der Waals surface area contributed by atoms with Crippen LogP contribution in [0.3, 0.4) is 0 Å². The predicted octanol–water partition coefficient (Wildman–Crippen LogP) is 3.09. The molecule has 0 atom stereocenters. The zero-order valence-electron chi connectivity index (χ0n) is 9.64. The molecule has 92 valence electrons. The normalized spacial score (nSPS) is 10.3. The first kappa shape index (κ1) is 12.5. The van der Waals surface area contributed by atoms with Crippen molar-refractivity contribution in [2.24, 2.45) is 0 Å². The molecule has 0 aliphatic rings. The van der Waals surface area contributed by atoms with Crippen molar-refractivity contribution in [1.82, 2.24) is 0 Å². The van der Waals surface area contributed by atoms with Gasteiger partial charge in [0.2, 0.25) is 0 Å². The Morgan fingerprint density at radius 2 is 1.56 bits per heavy atom. The molecule has 0 heterocycles. The van der Waals surface area contributed by atoms with Gasteiger partial charge in [0.25, 0.3) is 5.43 Å². The monoisotopic (exact) mass is 262 g/mol. The van der Waals surface area contributed by atoms with Crippen LogP contribution in [-0.4, -0.2) is 10.2 Å². The van der Waals surface area contributed by atoms with E-state index in [0.717, 1.165) is 5.56 Å². The number of benzene rings is 1. The van der Waals surface area contributed by atoms with Gasteiger partial charge in [-0.3, -0.25) is 4.79 Å². The molecule has 2 N–H and O–H groups in total. The van der Waals surface area contributed by atoms with Gasteiger partial charge in [-0.15, -0.1) is 0 Å². The first-order valence-electron chi connectivity index (χ1n) is 5.32. The standard InChI is InChI=1S/C14H11ClO3/c1-8-6-12(16)14(18)13(17)7-11(8)9-2-4-10(15)5-3-9/h2-7H,1H3,(H2,16,17,18). The molecule has 2 aromatic carbocycles. The Hall–Kier alpha value is -2.00. The molecular formula is C14H11ClO3. The zero-order chi connectivity index (χ0) is 13.3. The highest BCUT2D eigenvalue weighted by Crippen LogP contribution is 2.27. The summed E-state index contributed by atoms with van der Waals surface area (Å²) in [5, 5.41) is 19.7. The Kier molecular flexibility index (Phi) is 3.26. The summed E-state index contributed by atoms with van der Waals surface area (Å²) in [7, 11) is 0. The Balaban J connectivity index is 2.73. The molecule has 2 aromatic rings. The van der Waals surface area contributed by atoms with E-state index in [2.05, 4.69) is 0 Å². The van der Waals surface area contributed by atoms with Crippen LogP contribution in [0.2, 0.25) is 5.02 Å². The average molecular weight is 263 g/mol. The van der Waals surface area contributed by atoms with Crippen molar-refractivity contribution >= 4 is 11.6 Å². The van der Waals surface area contributed by atoms with Gasteiger partial charge in [-0.25, -0.2) is 0 Å². The topological polar surface area (TPSA) is 57.5 Å². The van der Waals surface area contributed by atoms with Crippen LogP contribution in [0.25, 0.3) is 11.1 Å². The predicted molar refractivity (Wildman–Crippen MR) is 71.2 cm³/mol. The van der Waals surface area contributed by atoms with E-state index in [4.69, 9.17) is 11.6 Å². The fourth-order valence-electron chi connectivity index (χ4n) is 1.74. The summed E-state index contributed by atoms with van der Waals surface area (Å²) >= 11 is 5.81. The van der Waals surface area contributed by atoms with Gasteiger partial charge in [0.1, 0.15) is 0 Å². The maximum Gasteiger partial charge on any atom is 0.261 e. The number of hydrogen-bond acceptors (Lipinski definition) is 3. The number of halogens is 1. The maximum atomic E-state index is 11.4. The van der Waals surface area contributed by atoms with E-state index >= 15 is 0 Å². The first-order chi connectivity index (χ1) is 8.49. The first-order valence-corrected chi connectivity index (χ1v) is 5.69. The van der Waals surface area contributed by atoms with Gasteiger partial charge in [0.05, 0.1) is 0 Å². The fourth-order valence-corrected chi connectivity index (χ4v) is 1.86. The summed E-state index contributed by atoms with van der Waals surface area (Å²) in [4.78, 5) is 11.4. The number of rotatable bonds is 1. The van der Waals surface area contributed by atoms with Crippen LogP contribution in [0.1, 0.15) is 5.56 Å². The second-order valence-electron chi connectivity index (χ2n) is 3.99. The summed E-state index contributed by atoms with van der Waals surface area (Å²) in [5.74, 6) is -0.948. The molecule has 0 spiro atoms. The molecule has 0 bridgehead atoms. The zero-order valence-corrected chi connectivity index (χ0v) is 10.4. The molecule has 18 heavy (non-hydrogen) atoms. The van der Waals surface area contributed by atoms with Crippen LogP contribution >= 0.6 is 11.6 Å². The molecule has 0 radical (unpaired) electrons. The highest BCUT2D eigenvalue weighted by molar-refractivity contribution is 6.30. The largest absolute Gasteiger partial charge is 0.504 e. The van der Waals surface area contributed by atoms with Gasteiger partial charge in [0, 0.05) is 5.02 Å². The molecule has 2 rings (SSSR count). The second-order valence-corrected chi connectivity index (χ2v) is 4.43. The molecule has 0 aliphatic carbocycles. The molecule has 0 unspecified atom stereocenters. The van der Waals surface area contributed by atoms with Crippen molar-refractivity contribution in [2.75, 3.05) is 0 Å². The van der Waals surface area contributed by atoms with Crippen molar-refractivity contribution < 1.29 is 10.2 Å². The quantitative estimate of drug-likeness (QED) is 0.830. The summed E-state index contributed by atoms with van der Waals surface area (Å²) in [6.45, 7) is 1.75. The van der Waals surface area contributed by atoms with Crippen molar-refractivity contribution in [3.63, 3.8) is 0 Å². The average Bonchev–Trinajstić information content (AvgIpc) is 2.43. The molecule has 3 nitrogen and oxygen atoms in total. The lowest BCUT2D eigenvalue weighted by atomic mass is 10.0. The summed E-state index contributed by atoms with van der Waals surface area (Å²) in [6.07, 6.45) is 0. The SMILES string of the molecule is Cc1cc(O)c(=O)c(O)cc1-c1ccc(Cl)cc1. The van der Waals surface area contributed by atoms with E-state index in [0.29, 0.717) is 16.1 Å². The van der Waals surface area contributed by atoms with E-state index in [-0.39, 0.29) is 0 Å². The van der Waals surface area contributed by atoms with Gasteiger partial charge in [0.15, 0.2) is 11.5 Å². The lowest BCUT2D eigenvalue weighted by molar-refractivity contribution is 0.445. The molecule has 0 aromatic heterocycles. The van der Waals surface area contributed by atoms with E-state index < -0.39 is 16.9 Å². The number of aromatic hydroxyl groups is 2. The lowest BCUT2D eigenvalue weighted by Gasteiger charge is -2.02.